The number of aromatic amines is 1. The lowest BCUT2D eigenvalue weighted by molar-refractivity contribution is 0.0692. The van der Waals surface area contributed by atoms with E-state index in [9.17, 15) is 4.79 Å². The molecule has 0 fully saturated rings. The average Bonchev–Trinajstić information content (AvgIpc) is 2.99. The van der Waals surface area contributed by atoms with Gasteiger partial charge in [-0.25, -0.2) is 14.8 Å². The quantitative estimate of drug-likeness (QED) is 0.535. The highest BCUT2D eigenvalue weighted by Gasteiger charge is 2.13. The fourth-order valence-electron chi connectivity index (χ4n) is 2.65. The molecule has 0 amide bonds. The third-order valence-electron chi connectivity index (χ3n) is 3.83. The standard InChI is InChI=1S/C17H13N5O2/c1-9-3-2-4-10-8-18-17(20-14(9)10)19-11-5-6-12-13(7-11)21-22-15(12)16(23)24/h2-8H,1H3,(H,21,22)(H,23,24)(H,18,19,20). The SMILES string of the molecule is Cc1cccc2cnc(Nc3ccc4c(C(=O)O)n[nH]c4c3)nc12. The van der Waals surface area contributed by atoms with Gasteiger partial charge in [-0.15, -0.1) is 0 Å². The molecule has 0 aliphatic heterocycles. The molecule has 0 atom stereocenters. The van der Waals surface area contributed by atoms with E-state index in [1.807, 2.05) is 25.1 Å². The second kappa shape index (κ2) is 5.31. The second-order valence-corrected chi connectivity index (χ2v) is 5.47. The van der Waals surface area contributed by atoms with Gasteiger partial charge in [-0.1, -0.05) is 18.2 Å². The molecule has 4 aromatic rings. The third-order valence-corrected chi connectivity index (χ3v) is 3.83. The van der Waals surface area contributed by atoms with E-state index < -0.39 is 5.97 Å². The second-order valence-electron chi connectivity index (χ2n) is 5.47. The number of aryl methyl sites for hydroxylation is 1. The Bertz CT molecular complexity index is 1090. The lowest BCUT2D eigenvalue weighted by Crippen LogP contribution is -1.98. The van der Waals surface area contributed by atoms with Crippen LogP contribution in [-0.2, 0) is 0 Å². The van der Waals surface area contributed by atoms with Gasteiger partial charge in [0.1, 0.15) is 0 Å². The van der Waals surface area contributed by atoms with Crippen LogP contribution in [0.3, 0.4) is 0 Å². The number of anilines is 2. The average molecular weight is 319 g/mol. The number of rotatable bonds is 3. The zero-order valence-electron chi connectivity index (χ0n) is 12.7. The summed E-state index contributed by atoms with van der Waals surface area (Å²) in [7, 11) is 0. The molecule has 118 valence electrons. The Morgan fingerprint density at radius 1 is 1.25 bits per heavy atom. The summed E-state index contributed by atoms with van der Waals surface area (Å²) in [6.45, 7) is 2.00. The largest absolute Gasteiger partial charge is 0.476 e. The summed E-state index contributed by atoms with van der Waals surface area (Å²) in [5.41, 5.74) is 3.36. The van der Waals surface area contributed by atoms with Gasteiger partial charge in [-0.3, -0.25) is 5.10 Å². The molecule has 2 aromatic heterocycles. The zero-order chi connectivity index (χ0) is 16.7. The highest BCUT2D eigenvalue weighted by molar-refractivity contribution is 6.01. The van der Waals surface area contributed by atoms with E-state index in [-0.39, 0.29) is 5.69 Å². The molecule has 3 N–H and O–H groups in total. The van der Waals surface area contributed by atoms with Crippen LogP contribution >= 0.6 is 0 Å². The van der Waals surface area contributed by atoms with Crippen LogP contribution in [0.2, 0.25) is 0 Å². The fourth-order valence-corrected chi connectivity index (χ4v) is 2.65. The van der Waals surface area contributed by atoms with Crippen LogP contribution in [0.1, 0.15) is 16.1 Å². The predicted molar refractivity (Wildman–Crippen MR) is 90.6 cm³/mol. The van der Waals surface area contributed by atoms with Gasteiger partial charge in [0.2, 0.25) is 5.95 Å². The number of nitrogens with zero attached hydrogens (tertiary/aromatic N) is 3. The summed E-state index contributed by atoms with van der Waals surface area (Å²) in [5.74, 6) is -0.579. The number of carbonyl (C=O) groups is 1. The molecule has 2 aromatic carbocycles. The van der Waals surface area contributed by atoms with Crippen LogP contribution < -0.4 is 5.32 Å². The number of aromatic carboxylic acids is 1. The first-order chi connectivity index (χ1) is 11.6. The smallest absolute Gasteiger partial charge is 0.357 e. The lowest BCUT2D eigenvalue weighted by Gasteiger charge is -2.07. The topological polar surface area (TPSA) is 104 Å². The molecule has 0 saturated carbocycles. The van der Waals surface area contributed by atoms with E-state index >= 15 is 0 Å². The number of hydrogen-bond donors (Lipinski definition) is 3. The van der Waals surface area contributed by atoms with Gasteiger partial charge in [0.25, 0.3) is 0 Å². The van der Waals surface area contributed by atoms with Crippen LogP contribution in [0, 0.1) is 6.92 Å². The number of benzene rings is 2. The van der Waals surface area contributed by atoms with E-state index in [0.717, 1.165) is 22.2 Å². The van der Waals surface area contributed by atoms with Crippen molar-refractivity contribution in [3.05, 3.63) is 53.9 Å². The molecule has 4 rings (SSSR count). The Kier molecular flexibility index (Phi) is 3.13. The molecule has 24 heavy (non-hydrogen) atoms. The molecule has 7 heteroatoms. The molecule has 2 heterocycles. The minimum atomic E-state index is -1.06. The van der Waals surface area contributed by atoms with Gasteiger partial charge in [-0.2, -0.15) is 5.10 Å². The number of hydrogen-bond acceptors (Lipinski definition) is 5. The number of nitrogens with one attached hydrogen (secondary N) is 2. The first kappa shape index (κ1) is 14.1. The van der Waals surface area contributed by atoms with E-state index in [2.05, 4.69) is 25.5 Å². The first-order valence-corrected chi connectivity index (χ1v) is 7.32. The number of H-pyrrole nitrogens is 1. The van der Waals surface area contributed by atoms with Crippen LogP contribution in [0.5, 0.6) is 0 Å². The predicted octanol–water partition coefficient (Wildman–Crippen LogP) is 3.26. The van der Waals surface area contributed by atoms with Gasteiger partial charge in [0, 0.05) is 22.7 Å². The Morgan fingerprint density at radius 2 is 2.12 bits per heavy atom. The highest BCUT2D eigenvalue weighted by atomic mass is 16.4. The molecule has 0 unspecified atom stereocenters. The normalized spacial score (nSPS) is 11.0. The van der Waals surface area contributed by atoms with Gasteiger partial charge in [0.05, 0.1) is 11.0 Å². The summed E-state index contributed by atoms with van der Waals surface area (Å²) >= 11 is 0. The molecule has 7 nitrogen and oxygen atoms in total. The summed E-state index contributed by atoms with van der Waals surface area (Å²) < 4.78 is 0. The van der Waals surface area contributed by atoms with Gasteiger partial charge >= 0.3 is 5.97 Å². The van der Waals surface area contributed by atoms with Crippen molar-refractivity contribution in [3.8, 4) is 0 Å². The molecule has 0 spiro atoms. The Hall–Kier alpha value is -3.48. The molecule has 0 bridgehead atoms. The number of carboxylic acids is 1. The number of fused-ring (bicyclic) bond motifs is 2. The highest BCUT2D eigenvalue weighted by Crippen LogP contribution is 2.23. The lowest BCUT2D eigenvalue weighted by atomic mass is 10.1. The minimum Gasteiger partial charge on any atom is -0.476 e. The summed E-state index contributed by atoms with van der Waals surface area (Å²) in [5, 5.41) is 20.3. The van der Waals surface area contributed by atoms with Crippen molar-refractivity contribution in [2.24, 2.45) is 0 Å². The first-order valence-electron chi connectivity index (χ1n) is 7.32. The number of para-hydroxylation sites is 1. The van der Waals surface area contributed by atoms with Crippen LogP contribution in [0.4, 0.5) is 11.6 Å². The van der Waals surface area contributed by atoms with E-state index in [0.29, 0.717) is 16.9 Å². The molecule has 0 aliphatic carbocycles. The van der Waals surface area contributed by atoms with Gasteiger partial charge < -0.3 is 10.4 Å². The molecule has 0 aliphatic rings. The van der Waals surface area contributed by atoms with Crippen LogP contribution in [0.15, 0.2) is 42.6 Å². The Labute approximate surface area is 136 Å². The van der Waals surface area contributed by atoms with Crippen molar-refractivity contribution in [1.29, 1.82) is 0 Å². The minimum absolute atomic E-state index is 0.00845. The maximum Gasteiger partial charge on any atom is 0.357 e. The maximum atomic E-state index is 11.1. The van der Waals surface area contributed by atoms with Crippen molar-refractivity contribution in [2.75, 3.05) is 5.32 Å². The molecule has 0 saturated heterocycles. The summed E-state index contributed by atoms with van der Waals surface area (Å²) in [6, 6.07) is 11.2. The van der Waals surface area contributed by atoms with Crippen molar-refractivity contribution in [3.63, 3.8) is 0 Å². The van der Waals surface area contributed by atoms with Gasteiger partial charge in [0.15, 0.2) is 5.69 Å². The van der Waals surface area contributed by atoms with Crippen molar-refractivity contribution in [2.45, 2.75) is 6.92 Å². The molecular formula is C17H13N5O2. The number of carboxylic acid groups (broad SMARTS) is 1. The monoisotopic (exact) mass is 319 g/mol. The van der Waals surface area contributed by atoms with E-state index in [1.54, 1.807) is 24.4 Å². The van der Waals surface area contributed by atoms with Crippen molar-refractivity contribution in [1.82, 2.24) is 20.2 Å². The number of aromatic nitrogens is 4. The summed E-state index contributed by atoms with van der Waals surface area (Å²) in [4.78, 5) is 19.9. The maximum absolute atomic E-state index is 11.1. The molecular weight excluding hydrogens is 306 g/mol. The molecule has 0 radical (unpaired) electrons. The van der Waals surface area contributed by atoms with Crippen LogP contribution in [0.25, 0.3) is 21.8 Å². The van der Waals surface area contributed by atoms with Crippen molar-refractivity contribution >= 4 is 39.4 Å². The van der Waals surface area contributed by atoms with E-state index in [1.165, 1.54) is 0 Å². The van der Waals surface area contributed by atoms with Crippen LogP contribution in [-0.4, -0.2) is 31.2 Å². The van der Waals surface area contributed by atoms with Crippen molar-refractivity contribution < 1.29 is 9.90 Å². The van der Waals surface area contributed by atoms with E-state index in [4.69, 9.17) is 5.11 Å². The Morgan fingerprint density at radius 3 is 2.96 bits per heavy atom. The fraction of sp³-hybridized carbons (Fsp3) is 0.0588. The Balaban J connectivity index is 1.71. The van der Waals surface area contributed by atoms with Gasteiger partial charge in [-0.05, 0) is 30.7 Å². The zero-order valence-corrected chi connectivity index (χ0v) is 12.7. The summed E-state index contributed by atoms with van der Waals surface area (Å²) in [6.07, 6.45) is 1.77. The third kappa shape index (κ3) is 2.32.